The lowest BCUT2D eigenvalue weighted by Gasteiger charge is -2.16. The highest BCUT2D eigenvalue weighted by atomic mass is 32.1. The molecule has 1 unspecified atom stereocenters. The number of aryl methyl sites for hydroxylation is 2. The first-order valence-electron chi connectivity index (χ1n) is 11.7. The van der Waals surface area contributed by atoms with Gasteiger partial charge < -0.3 is 19.9 Å². The summed E-state index contributed by atoms with van der Waals surface area (Å²) in [5.74, 6) is 0.237. The molecule has 1 aliphatic heterocycles. The summed E-state index contributed by atoms with van der Waals surface area (Å²) in [7, 11) is 1.65. The average Bonchev–Trinajstić information content (AvgIpc) is 3.60. The highest BCUT2D eigenvalue weighted by Crippen LogP contribution is 2.26. The van der Waals surface area contributed by atoms with Crippen LogP contribution in [0.15, 0.2) is 54.7 Å². The molecule has 9 heteroatoms. The van der Waals surface area contributed by atoms with E-state index >= 15 is 0 Å². The standard InChI is InChI=1S/C26H27N5O3S/c1-34-20-8-9-22-21(14-20)18(15-27-22)11-12-31-16-19(13-24(31)32)25(33)28-26-30-29-23(35-26)10-7-17-5-3-2-4-6-17/h2-6,8-9,14-15,19,27H,7,10-13,16H2,1H3,(H,28,30,33). The molecule has 0 spiro atoms. The van der Waals surface area contributed by atoms with Gasteiger partial charge in [-0.3, -0.25) is 9.59 Å². The van der Waals surface area contributed by atoms with Crippen molar-refractivity contribution in [1.29, 1.82) is 0 Å². The van der Waals surface area contributed by atoms with Gasteiger partial charge in [-0.2, -0.15) is 0 Å². The van der Waals surface area contributed by atoms with Crippen LogP contribution in [0.4, 0.5) is 5.13 Å². The Hall–Kier alpha value is -3.72. The summed E-state index contributed by atoms with van der Waals surface area (Å²) in [6.07, 6.45) is 4.53. The van der Waals surface area contributed by atoms with E-state index in [1.54, 1.807) is 12.0 Å². The number of H-pyrrole nitrogens is 1. The smallest absolute Gasteiger partial charge is 0.231 e. The second-order valence-electron chi connectivity index (χ2n) is 8.69. The van der Waals surface area contributed by atoms with E-state index in [-0.39, 0.29) is 24.2 Å². The first kappa shape index (κ1) is 23.0. The zero-order valence-electron chi connectivity index (χ0n) is 19.5. The molecule has 8 nitrogen and oxygen atoms in total. The Morgan fingerprint density at radius 1 is 1.17 bits per heavy atom. The zero-order valence-corrected chi connectivity index (χ0v) is 20.3. The zero-order chi connectivity index (χ0) is 24.2. The van der Waals surface area contributed by atoms with Gasteiger partial charge in [-0.15, -0.1) is 10.2 Å². The number of likely N-dealkylation sites (tertiary alicyclic amines) is 1. The fourth-order valence-corrected chi connectivity index (χ4v) is 5.16. The minimum absolute atomic E-state index is 0.00313. The number of hydrogen-bond acceptors (Lipinski definition) is 6. The van der Waals surface area contributed by atoms with E-state index in [1.165, 1.54) is 16.9 Å². The number of ether oxygens (including phenoxy) is 1. The lowest BCUT2D eigenvalue weighted by Crippen LogP contribution is -2.30. The number of anilines is 1. The number of rotatable bonds is 9. The summed E-state index contributed by atoms with van der Waals surface area (Å²) >= 11 is 1.39. The Bertz CT molecular complexity index is 1330. The summed E-state index contributed by atoms with van der Waals surface area (Å²) in [5.41, 5.74) is 3.40. The average molecular weight is 490 g/mol. The van der Waals surface area contributed by atoms with Crippen molar-refractivity contribution in [2.24, 2.45) is 5.92 Å². The number of aromatic nitrogens is 3. The Morgan fingerprint density at radius 2 is 2.03 bits per heavy atom. The van der Waals surface area contributed by atoms with Crippen LogP contribution in [-0.2, 0) is 28.9 Å². The molecule has 0 bridgehead atoms. The van der Waals surface area contributed by atoms with E-state index < -0.39 is 0 Å². The molecule has 2 aromatic carbocycles. The van der Waals surface area contributed by atoms with Gasteiger partial charge >= 0.3 is 0 Å². The van der Waals surface area contributed by atoms with Crippen LogP contribution in [0.2, 0.25) is 0 Å². The SMILES string of the molecule is COc1ccc2[nH]cc(CCN3CC(C(=O)Nc4nnc(CCc5ccccc5)s4)CC3=O)c2c1. The molecule has 35 heavy (non-hydrogen) atoms. The van der Waals surface area contributed by atoms with Gasteiger partial charge in [-0.25, -0.2) is 0 Å². The maximum Gasteiger partial charge on any atom is 0.231 e. The molecule has 180 valence electrons. The summed E-state index contributed by atoms with van der Waals surface area (Å²) in [5, 5.41) is 13.6. The number of fused-ring (bicyclic) bond motifs is 1. The number of methoxy groups -OCH3 is 1. The van der Waals surface area contributed by atoms with E-state index in [4.69, 9.17) is 4.74 Å². The normalized spacial score (nSPS) is 15.6. The fraction of sp³-hybridized carbons (Fsp3) is 0.308. The number of amides is 2. The van der Waals surface area contributed by atoms with Gasteiger partial charge in [0.15, 0.2) is 0 Å². The third-order valence-electron chi connectivity index (χ3n) is 6.38. The van der Waals surface area contributed by atoms with Crippen LogP contribution in [0.3, 0.4) is 0 Å². The van der Waals surface area contributed by atoms with Gasteiger partial charge in [0, 0.05) is 43.0 Å². The third-order valence-corrected chi connectivity index (χ3v) is 7.28. The predicted octanol–water partition coefficient (Wildman–Crippen LogP) is 3.84. The van der Waals surface area contributed by atoms with Gasteiger partial charge in [-0.05, 0) is 42.2 Å². The first-order chi connectivity index (χ1) is 17.1. The molecular weight excluding hydrogens is 462 g/mol. The molecule has 2 amide bonds. The number of aromatic amines is 1. The summed E-state index contributed by atoms with van der Waals surface area (Å²) in [6.45, 7) is 0.977. The van der Waals surface area contributed by atoms with Crippen molar-refractivity contribution in [1.82, 2.24) is 20.1 Å². The molecule has 5 rings (SSSR count). The Labute approximate surface area is 207 Å². The molecule has 4 aromatic rings. The van der Waals surface area contributed by atoms with E-state index in [1.807, 2.05) is 42.6 Å². The van der Waals surface area contributed by atoms with Gasteiger partial charge in [0.2, 0.25) is 16.9 Å². The maximum atomic E-state index is 12.8. The van der Waals surface area contributed by atoms with Gasteiger partial charge in [-0.1, -0.05) is 41.7 Å². The van der Waals surface area contributed by atoms with Crippen LogP contribution in [0, 0.1) is 5.92 Å². The largest absolute Gasteiger partial charge is 0.497 e. The number of nitrogens with zero attached hydrogens (tertiary/aromatic N) is 3. The number of benzene rings is 2. The second-order valence-corrected chi connectivity index (χ2v) is 9.75. The quantitative estimate of drug-likeness (QED) is 0.372. The summed E-state index contributed by atoms with van der Waals surface area (Å²) in [6, 6.07) is 16.1. The van der Waals surface area contributed by atoms with Gasteiger partial charge in [0.05, 0.1) is 13.0 Å². The molecule has 2 N–H and O–H groups in total. The molecule has 1 atom stereocenters. The summed E-state index contributed by atoms with van der Waals surface area (Å²) in [4.78, 5) is 30.4. The first-order valence-corrected chi connectivity index (χ1v) is 12.5. The Morgan fingerprint density at radius 3 is 2.86 bits per heavy atom. The molecule has 0 saturated carbocycles. The van der Waals surface area contributed by atoms with E-state index in [2.05, 4.69) is 32.6 Å². The molecule has 0 radical (unpaired) electrons. The lowest BCUT2D eigenvalue weighted by atomic mass is 10.1. The Kier molecular flexibility index (Phi) is 6.76. The van der Waals surface area contributed by atoms with Gasteiger partial charge in [0.25, 0.3) is 0 Å². The van der Waals surface area contributed by atoms with Crippen LogP contribution in [0.5, 0.6) is 5.75 Å². The minimum Gasteiger partial charge on any atom is -0.497 e. The van der Waals surface area contributed by atoms with Crippen molar-refractivity contribution in [3.63, 3.8) is 0 Å². The van der Waals surface area contributed by atoms with Crippen LogP contribution >= 0.6 is 11.3 Å². The van der Waals surface area contributed by atoms with Crippen molar-refractivity contribution in [3.8, 4) is 5.75 Å². The molecule has 2 aromatic heterocycles. The van der Waals surface area contributed by atoms with Crippen molar-refractivity contribution >= 4 is 39.2 Å². The van der Waals surface area contributed by atoms with E-state index in [0.29, 0.717) is 24.6 Å². The number of carbonyl (C=O) groups is 2. The van der Waals surface area contributed by atoms with Crippen molar-refractivity contribution in [2.75, 3.05) is 25.5 Å². The number of carbonyl (C=O) groups excluding carboxylic acids is 2. The monoisotopic (exact) mass is 489 g/mol. The maximum absolute atomic E-state index is 12.8. The lowest BCUT2D eigenvalue weighted by molar-refractivity contribution is -0.128. The Balaban J connectivity index is 1.13. The van der Waals surface area contributed by atoms with Crippen LogP contribution < -0.4 is 10.1 Å². The highest BCUT2D eigenvalue weighted by Gasteiger charge is 2.34. The molecule has 0 aliphatic carbocycles. The highest BCUT2D eigenvalue weighted by molar-refractivity contribution is 7.15. The topological polar surface area (TPSA) is 100 Å². The number of nitrogens with one attached hydrogen (secondary N) is 2. The van der Waals surface area contributed by atoms with E-state index in [0.717, 1.165) is 40.1 Å². The van der Waals surface area contributed by atoms with E-state index in [9.17, 15) is 9.59 Å². The van der Waals surface area contributed by atoms with Crippen LogP contribution in [0.1, 0.15) is 22.6 Å². The molecule has 3 heterocycles. The minimum atomic E-state index is -0.387. The predicted molar refractivity (Wildman–Crippen MR) is 136 cm³/mol. The van der Waals surface area contributed by atoms with Crippen molar-refractivity contribution in [3.05, 3.63) is 70.9 Å². The molecule has 1 fully saturated rings. The second kappa shape index (κ2) is 10.3. The molecule has 1 aliphatic rings. The molecule has 1 saturated heterocycles. The number of hydrogen-bond donors (Lipinski definition) is 2. The van der Waals surface area contributed by atoms with Crippen LogP contribution in [0.25, 0.3) is 10.9 Å². The third kappa shape index (κ3) is 5.35. The fourth-order valence-electron chi connectivity index (χ4n) is 4.42. The molecular formula is C26H27N5O3S. The van der Waals surface area contributed by atoms with Crippen molar-refractivity contribution < 1.29 is 14.3 Å². The van der Waals surface area contributed by atoms with Crippen LogP contribution in [-0.4, -0.2) is 52.1 Å². The van der Waals surface area contributed by atoms with Crippen molar-refractivity contribution in [2.45, 2.75) is 25.7 Å². The summed E-state index contributed by atoms with van der Waals surface area (Å²) < 4.78 is 5.33. The van der Waals surface area contributed by atoms with Gasteiger partial charge in [0.1, 0.15) is 10.8 Å².